The van der Waals surface area contributed by atoms with E-state index in [-0.39, 0.29) is 24.0 Å². The van der Waals surface area contributed by atoms with Gasteiger partial charge < -0.3 is 14.4 Å². The van der Waals surface area contributed by atoms with Crippen LogP contribution in [-0.2, 0) is 9.53 Å². The van der Waals surface area contributed by atoms with Gasteiger partial charge in [-0.25, -0.2) is 0 Å². The maximum atomic E-state index is 11.4. The van der Waals surface area contributed by atoms with Crippen LogP contribution >= 0.6 is 0 Å². The van der Waals surface area contributed by atoms with E-state index in [0.29, 0.717) is 12.2 Å². The summed E-state index contributed by atoms with van der Waals surface area (Å²) >= 11 is 0. The molecule has 0 aliphatic heterocycles. The molecule has 0 aliphatic rings. The lowest BCUT2D eigenvalue weighted by atomic mass is 10.2. The number of carbonyl (C=O) groups excluding carboxylic acids is 1. The Hall–Kier alpha value is -2.31. The third-order valence-electron chi connectivity index (χ3n) is 2.77. The summed E-state index contributed by atoms with van der Waals surface area (Å²) < 4.78 is 9.67. The normalized spacial score (nSPS) is 9.95. The first-order valence-electron chi connectivity index (χ1n) is 6.17. The molecule has 1 aromatic rings. The van der Waals surface area contributed by atoms with Crippen molar-refractivity contribution in [3.8, 4) is 5.75 Å². The maximum absolute atomic E-state index is 11.4. The van der Waals surface area contributed by atoms with Crippen molar-refractivity contribution in [3.63, 3.8) is 0 Å². The molecule has 1 aromatic carbocycles. The number of rotatable bonds is 7. The summed E-state index contributed by atoms with van der Waals surface area (Å²) in [7, 11) is 2.69. The Kier molecular flexibility index (Phi) is 5.76. The fourth-order valence-corrected chi connectivity index (χ4v) is 1.80. The molecular weight excluding hydrogens is 264 g/mol. The van der Waals surface area contributed by atoms with Gasteiger partial charge >= 0.3 is 11.7 Å². The van der Waals surface area contributed by atoms with Crippen LogP contribution < -0.4 is 9.64 Å². The van der Waals surface area contributed by atoms with E-state index in [4.69, 9.17) is 4.74 Å². The number of nitro benzene ring substituents is 1. The first kappa shape index (κ1) is 15.7. The van der Waals surface area contributed by atoms with Crippen molar-refractivity contribution in [2.45, 2.75) is 13.3 Å². The summed E-state index contributed by atoms with van der Waals surface area (Å²) in [5.41, 5.74) is 0.575. The van der Waals surface area contributed by atoms with Gasteiger partial charge in [-0.15, -0.1) is 0 Å². The van der Waals surface area contributed by atoms with Crippen LogP contribution in [0, 0.1) is 10.1 Å². The van der Waals surface area contributed by atoms with Gasteiger partial charge in [-0.2, -0.15) is 0 Å². The number of hydrogen-bond acceptors (Lipinski definition) is 6. The molecule has 0 heterocycles. The van der Waals surface area contributed by atoms with Crippen molar-refractivity contribution in [1.29, 1.82) is 0 Å². The second-order valence-electron chi connectivity index (χ2n) is 4.11. The quantitative estimate of drug-likeness (QED) is 0.432. The third kappa shape index (κ3) is 3.84. The number of benzene rings is 1. The molecule has 110 valence electrons. The summed E-state index contributed by atoms with van der Waals surface area (Å²) in [4.78, 5) is 23.5. The molecule has 0 fully saturated rings. The monoisotopic (exact) mass is 282 g/mol. The van der Waals surface area contributed by atoms with Gasteiger partial charge in [-0.05, 0) is 12.5 Å². The summed E-state index contributed by atoms with van der Waals surface area (Å²) in [6, 6.07) is 4.52. The van der Waals surface area contributed by atoms with Crippen LogP contribution in [-0.4, -0.2) is 38.2 Å². The van der Waals surface area contributed by atoms with E-state index < -0.39 is 4.92 Å². The molecule has 0 aromatic heterocycles. The predicted octanol–water partition coefficient (Wildman–Crippen LogP) is 1.99. The van der Waals surface area contributed by atoms with Crippen LogP contribution in [0.2, 0.25) is 0 Å². The van der Waals surface area contributed by atoms with Crippen molar-refractivity contribution in [3.05, 3.63) is 28.3 Å². The van der Waals surface area contributed by atoms with Gasteiger partial charge in [0.15, 0.2) is 5.75 Å². The fourth-order valence-electron chi connectivity index (χ4n) is 1.80. The van der Waals surface area contributed by atoms with Crippen molar-refractivity contribution in [2.24, 2.45) is 0 Å². The Bertz CT molecular complexity index is 490. The molecule has 0 atom stereocenters. The van der Waals surface area contributed by atoms with Crippen LogP contribution in [0.1, 0.15) is 13.3 Å². The predicted molar refractivity (Wildman–Crippen MR) is 74.2 cm³/mol. The van der Waals surface area contributed by atoms with Crippen LogP contribution in [0.25, 0.3) is 0 Å². The lowest BCUT2D eigenvalue weighted by molar-refractivity contribution is -0.385. The topological polar surface area (TPSA) is 81.9 Å². The van der Waals surface area contributed by atoms with Gasteiger partial charge in [0.1, 0.15) is 6.54 Å². The molecule has 0 saturated heterocycles. The zero-order valence-electron chi connectivity index (χ0n) is 11.8. The molecular formula is C13H18N2O5. The smallest absolute Gasteiger partial charge is 0.325 e. The minimum Gasteiger partial charge on any atom is -0.490 e. The van der Waals surface area contributed by atoms with Crippen molar-refractivity contribution in [1.82, 2.24) is 0 Å². The van der Waals surface area contributed by atoms with Crippen LogP contribution in [0.5, 0.6) is 5.75 Å². The third-order valence-corrected chi connectivity index (χ3v) is 2.77. The van der Waals surface area contributed by atoms with Gasteiger partial charge in [0.2, 0.25) is 0 Å². The van der Waals surface area contributed by atoms with Gasteiger partial charge in [0.05, 0.1) is 19.1 Å². The molecule has 0 saturated carbocycles. The van der Waals surface area contributed by atoms with Gasteiger partial charge in [0.25, 0.3) is 0 Å². The van der Waals surface area contributed by atoms with E-state index in [1.54, 1.807) is 17.0 Å². The SMILES string of the molecule is CCCN(CC(=O)OC)c1ccc([N+](=O)[O-])c(OC)c1. The average molecular weight is 282 g/mol. The fraction of sp³-hybridized carbons (Fsp3) is 0.462. The number of hydrogen-bond donors (Lipinski definition) is 0. The molecule has 0 bridgehead atoms. The van der Waals surface area contributed by atoms with Gasteiger partial charge in [-0.3, -0.25) is 14.9 Å². The van der Waals surface area contributed by atoms with Crippen molar-refractivity contribution in [2.75, 3.05) is 32.2 Å². The summed E-state index contributed by atoms with van der Waals surface area (Å²) in [5.74, 6) is -0.200. The van der Waals surface area contributed by atoms with E-state index in [1.807, 2.05) is 6.92 Å². The Labute approximate surface area is 117 Å². The molecule has 0 N–H and O–H groups in total. The lowest BCUT2D eigenvalue weighted by Gasteiger charge is -2.23. The molecule has 0 spiro atoms. The highest BCUT2D eigenvalue weighted by Gasteiger charge is 2.18. The molecule has 7 nitrogen and oxygen atoms in total. The van der Waals surface area contributed by atoms with Crippen molar-refractivity contribution >= 4 is 17.3 Å². The molecule has 0 radical (unpaired) electrons. The van der Waals surface area contributed by atoms with E-state index in [0.717, 1.165) is 6.42 Å². The van der Waals surface area contributed by atoms with Crippen LogP contribution in [0.15, 0.2) is 18.2 Å². The van der Waals surface area contributed by atoms with E-state index >= 15 is 0 Å². The van der Waals surface area contributed by atoms with E-state index in [1.165, 1.54) is 20.3 Å². The number of nitrogens with zero attached hydrogens (tertiary/aromatic N) is 2. The highest BCUT2D eigenvalue weighted by atomic mass is 16.6. The highest BCUT2D eigenvalue weighted by Crippen LogP contribution is 2.31. The zero-order chi connectivity index (χ0) is 15.1. The number of ether oxygens (including phenoxy) is 2. The van der Waals surface area contributed by atoms with E-state index in [9.17, 15) is 14.9 Å². The first-order valence-corrected chi connectivity index (χ1v) is 6.17. The molecule has 0 aliphatic carbocycles. The van der Waals surface area contributed by atoms with E-state index in [2.05, 4.69) is 4.74 Å². The van der Waals surface area contributed by atoms with Crippen LogP contribution in [0.4, 0.5) is 11.4 Å². The molecule has 0 unspecified atom stereocenters. The van der Waals surface area contributed by atoms with Crippen molar-refractivity contribution < 1.29 is 19.2 Å². The number of anilines is 1. The Morgan fingerprint density at radius 3 is 2.60 bits per heavy atom. The largest absolute Gasteiger partial charge is 0.490 e. The molecule has 0 amide bonds. The Balaban J connectivity index is 3.07. The number of esters is 1. The number of methoxy groups -OCH3 is 2. The minimum atomic E-state index is -0.507. The first-order chi connectivity index (χ1) is 9.53. The van der Waals surface area contributed by atoms with Crippen LogP contribution in [0.3, 0.4) is 0 Å². The minimum absolute atomic E-state index is 0.0886. The molecule has 1 rings (SSSR count). The Morgan fingerprint density at radius 2 is 2.10 bits per heavy atom. The maximum Gasteiger partial charge on any atom is 0.325 e. The average Bonchev–Trinajstić information content (AvgIpc) is 2.45. The summed E-state index contributed by atoms with van der Waals surface area (Å²) in [6.07, 6.45) is 0.830. The second-order valence-corrected chi connectivity index (χ2v) is 4.11. The lowest BCUT2D eigenvalue weighted by Crippen LogP contribution is -2.31. The summed E-state index contributed by atoms with van der Waals surface area (Å²) in [6.45, 7) is 2.70. The number of carbonyl (C=O) groups is 1. The standard InChI is InChI=1S/C13H18N2O5/c1-4-7-14(9-13(16)20-3)10-5-6-11(15(17)18)12(8-10)19-2/h5-6,8H,4,7,9H2,1-3H3. The zero-order valence-corrected chi connectivity index (χ0v) is 11.8. The highest BCUT2D eigenvalue weighted by molar-refractivity contribution is 5.76. The number of nitro groups is 1. The second kappa shape index (κ2) is 7.32. The summed E-state index contributed by atoms with van der Waals surface area (Å²) in [5, 5.41) is 10.8. The molecule has 20 heavy (non-hydrogen) atoms. The van der Waals surface area contributed by atoms with Gasteiger partial charge in [-0.1, -0.05) is 6.92 Å². The van der Waals surface area contributed by atoms with Gasteiger partial charge in [0, 0.05) is 24.4 Å². The molecule has 7 heteroatoms. The Morgan fingerprint density at radius 1 is 1.40 bits per heavy atom.